The zero-order valence-electron chi connectivity index (χ0n) is 13.9. The van der Waals surface area contributed by atoms with Gasteiger partial charge in [-0.15, -0.1) is 5.10 Å². The minimum atomic E-state index is -0.489. The van der Waals surface area contributed by atoms with E-state index in [-0.39, 0.29) is 12.1 Å². The summed E-state index contributed by atoms with van der Waals surface area (Å²) in [6, 6.07) is 14.6. The van der Waals surface area contributed by atoms with Gasteiger partial charge in [-0.2, -0.15) is 4.68 Å². The van der Waals surface area contributed by atoms with Gasteiger partial charge in [-0.25, -0.2) is 9.37 Å². The maximum atomic E-state index is 13.2. The van der Waals surface area contributed by atoms with Crippen LogP contribution in [-0.4, -0.2) is 30.5 Å². The molecule has 1 N–H and O–H groups in total. The molecule has 27 heavy (non-hydrogen) atoms. The SMILES string of the molecule is O=C(Cn1cnc2c(nnn2-c2ccccc2)c1=O)Nc1cccc(F)c1. The van der Waals surface area contributed by atoms with Crippen LogP contribution in [0.25, 0.3) is 16.9 Å². The molecule has 0 saturated heterocycles. The molecule has 2 aromatic heterocycles. The molecule has 0 aliphatic carbocycles. The minimum absolute atomic E-state index is 0.0555. The van der Waals surface area contributed by atoms with Gasteiger partial charge in [0.2, 0.25) is 5.91 Å². The molecule has 2 heterocycles. The molecule has 0 radical (unpaired) electrons. The Morgan fingerprint density at radius 2 is 1.93 bits per heavy atom. The van der Waals surface area contributed by atoms with E-state index >= 15 is 0 Å². The number of aromatic nitrogens is 5. The number of nitrogens with one attached hydrogen (secondary N) is 1. The third-order valence-corrected chi connectivity index (χ3v) is 3.85. The number of amides is 1. The first kappa shape index (κ1) is 16.6. The number of fused-ring (bicyclic) bond motifs is 1. The molecule has 0 fully saturated rings. The van der Waals surface area contributed by atoms with E-state index in [0.717, 1.165) is 4.57 Å². The molecule has 134 valence electrons. The summed E-state index contributed by atoms with van der Waals surface area (Å²) >= 11 is 0. The molecule has 9 heteroatoms. The van der Waals surface area contributed by atoms with Gasteiger partial charge in [0.1, 0.15) is 18.7 Å². The Morgan fingerprint density at radius 3 is 2.70 bits per heavy atom. The van der Waals surface area contributed by atoms with Gasteiger partial charge in [-0.1, -0.05) is 29.5 Å². The van der Waals surface area contributed by atoms with Crippen LogP contribution in [0.15, 0.2) is 65.7 Å². The van der Waals surface area contributed by atoms with Crippen molar-refractivity contribution in [1.29, 1.82) is 0 Å². The zero-order valence-corrected chi connectivity index (χ0v) is 13.9. The van der Waals surface area contributed by atoms with Crippen LogP contribution in [-0.2, 0) is 11.3 Å². The van der Waals surface area contributed by atoms with Crippen LogP contribution in [0, 0.1) is 5.82 Å². The van der Waals surface area contributed by atoms with Gasteiger partial charge < -0.3 is 5.32 Å². The number of rotatable bonds is 4. The first-order valence-electron chi connectivity index (χ1n) is 8.03. The molecular formula is C18H13FN6O2. The van der Waals surface area contributed by atoms with Crippen molar-refractivity contribution in [2.24, 2.45) is 0 Å². The van der Waals surface area contributed by atoms with Crippen LogP contribution in [0.5, 0.6) is 0 Å². The normalized spacial score (nSPS) is 10.9. The summed E-state index contributed by atoms with van der Waals surface area (Å²) in [5.41, 5.74) is 0.884. The molecule has 0 bridgehead atoms. The van der Waals surface area contributed by atoms with Gasteiger partial charge in [-0.3, -0.25) is 14.2 Å². The van der Waals surface area contributed by atoms with E-state index in [9.17, 15) is 14.0 Å². The Kier molecular flexibility index (Phi) is 4.17. The molecule has 0 aliphatic rings. The fraction of sp³-hybridized carbons (Fsp3) is 0.0556. The first-order chi connectivity index (χ1) is 13.1. The highest BCUT2D eigenvalue weighted by molar-refractivity contribution is 5.90. The Bertz CT molecular complexity index is 1190. The van der Waals surface area contributed by atoms with Crippen LogP contribution >= 0.6 is 0 Å². The molecule has 0 aliphatic heterocycles. The van der Waals surface area contributed by atoms with Crippen LogP contribution < -0.4 is 10.9 Å². The molecular weight excluding hydrogens is 351 g/mol. The third-order valence-electron chi connectivity index (χ3n) is 3.85. The summed E-state index contributed by atoms with van der Waals surface area (Å²) in [5.74, 6) is -0.954. The van der Waals surface area contributed by atoms with E-state index < -0.39 is 17.3 Å². The second-order valence-electron chi connectivity index (χ2n) is 5.75. The Balaban J connectivity index is 1.61. The summed E-state index contributed by atoms with van der Waals surface area (Å²) in [6.45, 7) is -0.281. The van der Waals surface area contributed by atoms with Gasteiger partial charge >= 0.3 is 0 Å². The predicted octanol–water partition coefficient (Wildman–Crippen LogP) is 1.75. The number of carbonyl (C=O) groups excluding carboxylic acids is 1. The van der Waals surface area contributed by atoms with E-state index in [1.165, 1.54) is 29.2 Å². The quantitative estimate of drug-likeness (QED) is 0.595. The molecule has 1 amide bonds. The molecule has 0 atom stereocenters. The lowest BCUT2D eigenvalue weighted by molar-refractivity contribution is -0.116. The van der Waals surface area contributed by atoms with Crippen molar-refractivity contribution in [3.05, 3.63) is 77.1 Å². The van der Waals surface area contributed by atoms with Crippen molar-refractivity contribution in [3.8, 4) is 5.69 Å². The van der Waals surface area contributed by atoms with Crippen LogP contribution in [0.1, 0.15) is 0 Å². The Labute approximate surface area is 151 Å². The highest BCUT2D eigenvalue weighted by Gasteiger charge is 2.14. The van der Waals surface area contributed by atoms with Gasteiger partial charge in [0.25, 0.3) is 5.56 Å². The summed E-state index contributed by atoms with van der Waals surface area (Å²) < 4.78 is 15.8. The highest BCUT2D eigenvalue weighted by Crippen LogP contribution is 2.11. The van der Waals surface area contributed by atoms with E-state index in [1.807, 2.05) is 30.3 Å². The number of para-hydroxylation sites is 1. The fourth-order valence-electron chi connectivity index (χ4n) is 2.62. The summed E-state index contributed by atoms with van der Waals surface area (Å²) in [7, 11) is 0. The number of hydrogen-bond donors (Lipinski definition) is 1. The van der Waals surface area contributed by atoms with Crippen LogP contribution in [0.4, 0.5) is 10.1 Å². The third kappa shape index (κ3) is 3.30. The van der Waals surface area contributed by atoms with Gasteiger partial charge in [0.15, 0.2) is 11.2 Å². The number of anilines is 1. The lowest BCUT2D eigenvalue weighted by atomic mass is 10.3. The highest BCUT2D eigenvalue weighted by atomic mass is 19.1. The molecule has 0 saturated carbocycles. The first-order valence-corrected chi connectivity index (χ1v) is 8.03. The van der Waals surface area contributed by atoms with Crippen molar-refractivity contribution < 1.29 is 9.18 Å². The second-order valence-corrected chi connectivity index (χ2v) is 5.75. The summed E-state index contributed by atoms with van der Waals surface area (Å²) in [4.78, 5) is 28.9. The van der Waals surface area contributed by atoms with E-state index in [4.69, 9.17) is 0 Å². The summed E-state index contributed by atoms with van der Waals surface area (Å²) in [5, 5.41) is 10.4. The average Bonchev–Trinajstić information content (AvgIpc) is 3.09. The summed E-state index contributed by atoms with van der Waals surface area (Å²) in [6.07, 6.45) is 1.26. The number of benzene rings is 2. The van der Waals surface area contributed by atoms with Crippen molar-refractivity contribution >= 4 is 22.8 Å². The van der Waals surface area contributed by atoms with Crippen LogP contribution in [0.3, 0.4) is 0 Å². The largest absolute Gasteiger partial charge is 0.324 e. The molecule has 0 spiro atoms. The average molecular weight is 364 g/mol. The maximum Gasteiger partial charge on any atom is 0.284 e. The monoisotopic (exact) mass is 364 g/mol. The maximum absolute atomic E-state index is 13.2. The second kappa shape index (κ2) is 6.79. The molecule has 8 nitrogen and oxygen atoms in total. The van der Waals surface area contributed by atoms with Gasteiger partial charge in [0.05, 0.1) is 5.69 Å². The Morgan fingerprint density at radius 1 is 1.11 bits per heavy atom. The van der Waals surface area contributed by atoms with Crippen molar-refractivity contribution in [2.45, 2.75) is 6.54 Å². The van der Waals surface area contributed by atoms with Crippen LogP contribution in [0.2, 0.25) is 0 Å². The molecule has 4 rings (SSSR count). The van der Waals surface area contributed by atoms with Crippen molar-refractivity contribution in [2.75, 3.05) is 5.32 Å². The smallest absolute Gasteiger partial charge is 0.284 e. The lowest BCUT2D eigenvalue weighted by Crippen LogP contribution is -2.28. The lowest BCUT2D eigenvalue weighted by Gasteiger charge is -2.07. The van der Waals surface area contributed by atoms with Crippen molar-refractivity contribution in [3.63, 3.8) is 0 Å². The topological polar surface area (TPSA) is 94.7 Å². The predicted molar refractivity (Wildman–Crippen MR) is 95.9 cm³/mol. The number of halogens is 1. The molecule has 0 unspecified atom stereocenters. The van der Waals surface area contributed by atoms with E-state index in [0.29, 0.717) is 17.0 Å². The van der Waals surface area contributed by atoms with Gasteiger partial charge in [-0.05, 0) is 30.3 Å². The standard InChI is InChI=1S/C18H13FN6O2/c19-12-5-4-6-13(9-12)21-15(26)10-24-11-20-17-16(18(24)27)22-23-25(17)14-7-2-1-3-8-14/h1-9,11H,10H2,(H,21,26). The Hall–Kier alpha value is -3.88. The van der Waals surface area contributed by atoms with Gasteiger partial charge in [0, 0.05) is 5.69 Å². The minimum Gasteiger partial charge on any atom is -0.324 e. The number of nitrogens with zero attached hydrogens (tertiary/aromatic N) is 5. The fourth-order valence-corrected chi connectivity index (χ4v) is 2.62. The van der Waals surface area contributed by atoms with Crippen molar-refractivity contribution in [1.82, 2.24) is 24.5 Å². The number of hydrogen-bond acceptors (Lipinski definition) is 5. The zero-order chi connectivity index (χ0) is 18.8. The molecule has 2 aromatic carbocycles. The number of carbonyl (C=O) groups is 1. The van der Waals surface area contributed by atoms with E-state index in [2.05, 4.69) is 20.6 Å². The van der Waals surface area contributed by atoms with E-state index in [1.54, 1.807) is 6.07 Å². The molecule has 4 aromatic rings.